The third-order valence-corrected chi connectivity index (χ3v) is 6.52. The zero-order valence-electron chi connectivity index (χ0n) is 14.5. The fourth-order valence-corrected chi connectivity index (χ4v) is 5.80. The van der Waals surface area contributed by atoms with Crippen LogP contribution >= 0.6 is 22.6 Å². The second-order valence-electron chi connectivity index (χ2n) is 6.79. The number of hydrogen-bond donors (Lipinski definition) is 2. The molecule has 4 nitrogen and oxygen atoms in total. The molecule has 1 saturated heterocycles. The van der Waals surface area contributed by atoms with Gasteiger partial charge in [-0.3, -0.25) is 10.1 Å². The van der Waals surface area contributed by atoms with Gasteiger partial charge in [0.05, 0.1) is 3.55 Å². The highest BCUT2D eigenvalue weighted by Crippen LogP contribution is 2.54. The zero-order chi connectivity index (χ0) is 18.9. The van der Waals surface area contributed by atoms with E-state index in [0.717, 1.165) is 6.42 Å². The topological polar surface area (TPSA) is 50.4 Å². The number of carbonyl (C=O) groups is 1. The number of nitrogens with one attached hydrogen (secondary N) is 2. The molecule has 2 unspecified atom stereocenters. The average molecular weight is 472 g/mol. The maximum atomic E-state index is 12.5. The first-order valence-corrected chi connectivity index (χ1v) is 9.50. The van der Waals surface area contributed by atoms with Gasteiger partial charge in [0.15, 0.2) is 0 Å². The summed E-state index contributed by atoms with van der Waals surface area (Å²) in [5.41, 5.74) is -0.466. The fourth-order valence-electron chi connectivity index (χ4n) is 4.03. The molecule has 142 valence electrons. The summed E-state index contributed by atoms with van der Waals surface area (Å²) >= 11 is 2.32. The third-order valence-electron chi connectivity index (χ3n) is 4.82. The molecule has 0 aromatic rings. The van der Waals surface area contributed by atoms with Gasteiger partial charge in [-0.15, -0.1) is 13.2 Å². The van der Waals surface area contributed by atoms with Gasteiger partial charge in [-0.1, -0.05) is 35.6 Å². The second-order valence-corrected chi connectivity index (χ2v) is 8.71. The Bertz CT molecular complexity index is 579. The van der Waals surface area contributed by atoms with Crippen molar-refractivity contribution in [2.75, 3.05) is 6.54 Å². The molecule has 1 heterocycles. The molecule has 1 aliphatic carbocycles. The Morgan fingerprint density at radius 1 is 1.48 bits per heavy atom. The molecule has 1 aliphatic heterocycles. The lowest BCUT2D eigenvalue weighted by Gasteiger charge is -2.62. The van der Waals surface area contributed by atoms with Gasteiger partial charge < -0.3 is 10.1 Å². The van der Waals surface area contributed by atoms with Gasteiger partial charge in [0.2, 0.25) is 5.91 Å². The van der Waals surface area contributed by atoms with E-state index in [1.165, 1.54) is 6.08 Å². The summed E-state index contributed by atoms with van der Waals surface area (Å²) in [4.78, 5) is 12.1. The van der Waals surface area contributed by atoms with E-state index in [2.05, 4.69) is 38.0 Å². The largest absolute Gasteiger partial charge is 0.573 e. The Kier molecular flexibility index (Phi) is 6.13. The van der Waals surface area contributed by atoms with E-state index in [-0.39, 0.29) is 27.0 Å². The summed E-state index contributed by atoms with van der Waals surface area (Å²) in [6.07, 6.45) is 1.66. The maximum Gasteiger partial charge on any atom is 0.573 e. The molecule has 0 bridgehead atoms. The molecule has 0 aromatic carbocycles. The van der Waals surface area contributed by atoms with Crippen molar-refractivity contribution in [3.8, 4) is 0 Å². The summed E-state index contributed by atoms with van der Waals surface area (Å²) < 4.78 is 41.4. The molecule has 0 aromatic heterocycles. The van der Waals surface area contributed by atoms with Crippen LogP contribution < -0.4 is 10.6 Å². The Balaban J connectivity index is 2.22. The summed E-state index contributed by atoms with van der Waals surface area (Å²) in [6.45, 7) is 6.41. The van der Waals surface area contributed by atoms with E-state index >= 15 is 0 Å². The molecule has 2 aliphatic rings. The lowest BCUT2D eigenvalue weighted by molar-refractivity contribution is -0.303. The van der Waals surface area contributed by atoms with Crippen LogP contribution in [-0.4, -0.2) is 27.9 Å². The van der Waals surface area contributed by atoms with Crippen LogP contribution in [0.3, 0.4) is 0 Å². The third kappa shape index (κ3) is 4.69. The Labute approximate surface area is 159 Å². The van der Waals surface area contributed by atoms with Crippen molar-refractivity contribution in [2.24, 2.45) is 11.8 Å². The molecular formula is C17H24F3IN2O2. The van der Waals surface area contributed by atoms with E-state index < -0.39 is 11.9 Å². The Morgan fingerprint density at radius 2 is 2.16 bits per heavy atom. The quantitative estimate of drug-likeness (QED) is 0.349. The minimum Gasteiger partial charge on any atom is -0.406 e. The molecule has 2 N–H and O–H groups in total. The highest BCUT2D eigenvalue weighted by Gasteiger charge is 2.61. The van der Waals surface area contributed by atoms with Gasteiger partial charge >= 0.3 is 6.36 Å². The van der Waals surface area contributed by atoms with Crippen LogP contribution in [-0.2, 0) is 9.53 Å². The van der Waals surface area contributed by atoms with Crippen molar-refractivity contribution in [3.63, 3.8) is 0 Å². The van der Waals surface area contributed by atoms with Crippen LogP contribution in [0.1, 0.15) is 40.0 Å². The summed E-state index contributed by atoms with van der Waals surface area (Å²) in [7, 11) is 0. The van der Waals surface area contributed by atoms with Crippen LogP contribution in [0.4, 0.5) is 13.2 Å². The molecule has 0 saturated carbocycles. The van der Waals surface area contributed by atoms with E-state index in [1.54, 1.807) is 12.2 Å². The van der Waals surface area contributed by atoms with Crippen molar-refractivity contribution in [2.45, 2.75) is 55.5 Å². The molecule has 0 radical (unpaired) electrons. The second kappa shape index (κ2) is 7.46. The highest BCUT2D eigenvalue weighted by molar-refractivity contribution is 14.1. The summed E-state index contributed by atoms with van der Waals surface area (Å²) in [5.74, 6) is -0.338. The minimum absolute atomic E-state index is 0.0185. The summed E-state index contributed by atoms with van der Waals surface area (Å²) in [6, 6.07) is 0. The molecule has 1 fully saturated rings. The van der Waals surface area contributed by atoms with Crippen molar-refractivity contribution < 1.29 is 22.7 Å². The fraction of sp³-hybridized carbons (Fsp3) is 0.706. The number of halogens is 4. The number of allylic oxidation sites excluding steroid dienone is 3. The van der Waals surface area contributed by atoms with E-state index in [1.807, 2.05) is 20.8 Å². The molecule has 8 heteroatoms. The number of alkyl halides is 4. The number of hydrogen-bond acceptors (Lipinski definition) is 3. The predicted molar refractivity (Wildman–Crippen MR) is 97.8 cm³/mol. The standard InChI is InChI=1S/C17H24F3IN2O2/c1-4-16(21)14(15(3,23-16)10-13(24)22-5-2)11-7-6-8-12(9-11)25-17(18,19)20/h6,8-9,11,14,23H,4-5,7,10H2,1-3H3,(H,22,24)/t11-,14?,15?,16-/m0/s1. The highest BCUT2D eigenvalue weighted by atomic mass is 127. The lowest BCUT2D eigenvalue weighted by Crippen LogP contribution is -2.77. The predicted octanol–water partition coefficient (Wildman–Crippen LogP) is 4.03. The summed E-state index contributed by atoms with van der Waals surface area (Å²) in [5, 5.41) is 6.29. The smallest absolute Gasteiger partial charge is 0.406 e. The van der Waals surface area contributed by atoms with E-state index in [9.17, 15) is 18.0 Å². The van der Waals surface area contributed by atoms with Gasteiger partial charge in [-0.05, 0) is 44.8 Å². The van der Waals surface area contributed by atoms with Gasteiger partial charge in [0.25, 0.3) is 0 Å². The van der Waals surface area contributed by atoms with Crippen LogP contribution in [0.2, 0.25) is 0 Å². The minimum atomic E-state index is -4.70. The molecule has 2 rings (SSSR count). The molecule has 1 amide bonds. The van der Waals surface area contributed by atoms with Crippen LogP contribution in [0.5, 0.6) is 0 Å². The van der Waals surface area contributed by atoms with Crippen LogP contribution in [0.25, 0.3) is 0 Å². The Morgan fingerprint density at radius 3 is 2.72 bits per heavy atom. The van der Waals surface area contributed by atoms with Crippen LogP contribution in [0, 0.1) is 11.8 Å². The average Bonchev–Trinajstić information content (AvgIpc) is 2.44. The van der Waals surface area contributed by atoms with E-state index in [4.69, 9.17) is 0 Å². The van der Waals surface area contributed by atoms with Crippen LogP contribution in [0.15, 0.2) is 24.0 Å². The number of rotatable bonds is 6. The number of carbonyl (C=O) groups excluding carboxylic acids is 1. The maximum absolute atomic E-state index is 12.5. The number of amides is 1. The van der Waals surface area contributed by atoms with E-state index in [0.29, 0.717) is 19.4 Å². The van der Waals surface area contributed by atoms with Gasteiger partial charge in [0.1, 0.15) is 5.76 Å². The monoisotopic (exact) mass is 472 g/mol. The van der Waals surface area contributed by atoms with Crippen molar-refractivity contribution >= 4 is 28.5 Å². The lowest BCUT2D eigenvalue weighted by atomic mass is 9.61. The Hall–Kier alpha value is -0.770. The molecular weight excluding hydrogens is 448 g/mol. The van der Waals surface area contributed by atoms with Crippen molar-refractivity contribution in [1.29, 1.82) is 0 Å². The molecule has 4 atom stereocenters. The first-order valence-electron chi connectivity index (χ1n) is 8.42. The molecule has 25 heavy (non-hydrogen) atoms. The number of ether oxygens (including phenoxy) is 1. The SMILES string of the molecule is CCNC(=O)CC1(C)N[C@@](I)(CC)C1[C@@H]1C=C(OC(F)(F)F)C=CC1. The van der Waals surface area contributed by atoms with Crippen molar-refractivity contribution in [3.05, 3.63) is 24.0 Å². The first-order chi connectivity index (χ1) is 11.5. The van der Waals surface area contributed by atoms with Gasteiger partial charge in [-0.2, -0.15) is 0 Å². The normalized spacial score (nSPS) is 34.9. The van der Waals surface area contributed by atoms with Gasteiger partial charge in [0, 0.05) is 24.4 Å². The first kappa shape index (κ1) is 20.5. The van der Waals surface area contributed by atoms with Gasteiger partial charge in [-0.25, -0.2) is 0 Å². The van der Waals surface area contributed by atoms with Crippen molar-refractivity contribution in [1.82, 2.24) is 10.6 Å². The molecule has 0 spiro atoms. The zero-order valence-corrected chi connectivity index (χ0v) is 16.7.